The molecule has 25 heavy (non-hydrogen) atoms. The van der Waals surface area contributed by atoms with Crippen LogP contribution in [-0.2, 0) is 17.6 Å². The van der Waals surface area contributed by atoms with Gasteiger partial charge >= 0.3 is 0 Å². The number of hydrogen-bond donors (Lipinski definition) is 1. The van der Waals surface area contributed by atoms with Gasteiger partial charge in [0.1, 0.15) is 11.6 Å². The number of anilines is 1. The molecule has 0 saturated carbocycles. The SMILES string of the molecule is C[C@@H](Oc1ccc(F)cc1)C(=O)Nc1ccc2c3c(cccc13)CC2. The molecule has 0 spiro atoms. The zero-order valence-corrected chi connectivity index (χ0v) is 13.9. The van der Waals surface area contributed by atoms with Crippen molar-refractivity contribution < 1.29 is 13.9 Å². The number of aryl methyl sites for hydroxylation is 2. The molecule has 3 aromatic rings. The second kappa shape index (κ2) is 6.20. The smallest absolute Gasteiger partial charge is 0.265 e. The van der Waals surface area contributed by atoms with E-state index in [0.717, 1.165) is 23.9 Å². The van der Waals surface area contributed by atoms with Gasteiger partial charge in [0.15, 0.2) is 6.10 Å². The molecule has 4 heteroatoms. The number of carbonyl (C=O) groups is 1. The molecule has 1 amide bonds. The summed E-state index contributed by atoms with van der Waals surface area (Å²) in [6.07, 6.45) is 1.41. The van der Waals surface area contributed by atoms with Crippen LogP contribution in [0, 0.1) is 5.82 Å². The van der Waals surface area contributed by atoms with Crippen molar-refractivity contribution in [2.75, 3.05) is 5.32 Å². The van der Waals surface area contributed by atoms with E-state index >= 15 is 0 Å². The Labute approximate surface area is 145 Å². The Hall–Kier alpha value is -2.88. The summed E-state index contributed by atoms with van der Waals surface area (Å²) in [5.41, 5.74) is 3.46. The molecule has 1 atom stereocenters. The highest BCUT2D eigenvalue weighted by molar-refractivity contribution is 6.06. The molecule has 1 N–H and O–H groups in total. The molecule has 1 aliphatic carbocycles. The number of halogens is 1. The van der Waals surface area contributed by atoms with Gasteiger partial charge in [0.05, 0.1) is 0 Å². The van der Waals surface area contributed by atoms with Crippen LogP contribution in [0.25, 0.3) is 10.8 Å². The van der Waals surface area contributed by atoms with Gasteiger partial charge in [-0.2, -0.15) is 0 Å². The summed E-state index contributed by atoms with van der Waals surface area (Å²) in [5, 5.41) is 5.28. The number of amides is 1. The monoisotopic (exact) mass is 335 g/mol. The molecular formula is C21H18FNO2. The van der Waals surface area contributed by atoms with Crippen LogP contribution in [0.15, 0.2) is 54.6 Å². The second-order valence-corrected chi connectivity index (χ2v) is 6.32. The largest absolute Gasteiger partial charge is 0.481 e. The summed E-state index contributed by atoms with van der Waals surface area (Å²) < 4.78 is 18.6. The van der Waals surface area contributed by atoms with Crippen LogP contribution in [0.4, 0.5) is 10.1 Å². The zero-order chi connectivity index (χ0) is 17.4. The normalized spacial score (nSPS) is 13.7. The second-order valence-electron chi connectivity index (χ2n) is 6.32. The first-order chi connectivity index (χ1) is 12.1. The van der Waals surface area contributed by atoms with Crippen LogP contribution < -0.4 is 10.1 Å². The summed E-state index contributed by atoms with van der Waals surface area (Å²) in [4.78, 5) is 12.5. The van der Waals surface area contributed by atoms with Crippen LogP contribution in [0.5, 0.6) is 5.75 Å². The van der Waals surface area contributed by atoms with E-state index in [4.69, 9.17) is 4.74 Å². The fraction of sp³-hybridized carbons (Fsp3) is 0.190. The molecule has 0 aliphatic heterocycles. The Balaban J connectivity index is 1.55. The van der Waals surface area contributed by atoms with E-state index in [1.807, 2.05) is 18.2 Å². The summed E-state index contributed by atoms with van der Waals surface area (Å²) in [5.74, 6) is -0.107. The van der Waals surface area contributed by atoms with Gasteiger partial charge in [0, 0.05) is 11.1 Å². The number of ether oxygens (including phenoxy) is 1. The first kappa shape index (κ1) is 15.6. The molecule has 0 unspecified atom stereocenters. The number of benzene rings is 3. The maximum atomic E-state index is 13.0. The van der Waals surface area contributed by atoms with Gasteiger partial charge in [-0.1, -0.05) is 24.3 Å². The Morgan fingerprint density at radius 1 is 1.04 bits per heavy atom. The van der Waals surface area contributed by atoms with Gasteiger partial charge in [-0.25, -0.2) is 4.39 Å². The predicted octanol–water partition coefficient (Wildman–Crippen LogP) is 4.48. The van der Waals surface area contributed by atoms with Crippen LogP contribution in [-0.4, -0.2) is 12.0 Å². The summed E-state index contributed by atoms with van der Waals surface area (Å²) in [7, 11) is 0. The lowest BCUT2D eigenvalue weighted by atomic mass is 10.0. The third kappa shape index (κ3) is 2.95. The number of carbonyl (C=O) groups excluding carboxylic acids is 1. The third-order valence-corrected chi connectivity index (χ3v) is 4.63. The Kier molecular flexibility index (Phi) is 3.88. The van der Waals surface area contributed by atoms with Gasteiger partial charge in [0.2, 0.25) is 0 Å². The van der Waals surface area contributed by atoms with Crippen molar-refractivity contribution >= 4 is 22.4 Å². The van der Waals surface area contributed by atoms with Crippen LogP contribution in [0.2, 0.25) is 0 Å². The lowest BCUT2D eigenvalue weighted by Gasteiger charge is -2.16. The quantitative estimate of drug-likeness (QED) is 0.763. The molecule has 0 radical (unpaired) electrons. The van der Waals surface area contributed by atoms with Crippen LogP contribution in [0.1, 0.15) is 18.1 Å². The van der Waals surface area contributed by atoms with E-state index in [0.29, 0.717) is 5.75 Å². The number of rotatable bonds is 4. The van der Waals surface area contributed by atoms with E-state index in [-0.39, 0.29) is 11.7 Å². The van der Waals surface area contributed by atoms with Crippen molar-refractivity contribution in [2.45, 2.75) is 25.9 Å². The summed E-state index contributed by atoms with van der Waals surface area (Å²) >= 11 is 0. The molecule has 0 heterocycles. The third-order valence-electron chi connectivity index (χ3n) is 4.63. The fourth-order valence-corrected chi connectivity index (χ4v) is 3.36. The molecule has 4 rings (SSSR count). The van der Waals surface area contributed by atoms with E-state index in [2.05, 4.69) is 17.4 Å². The minimum Gasteiger partial charge on any atom is -0.481 e. The van der Waals surface area contributed by atoms with Crippen molar-refractivity contribution in [3.8, 4) is 5.75 Å². The number of nitrogens with one attached hydrogen (secondary N) is 1. The average Bonchev–Trinajstić information content (AvgIpc) is 3.04. The molecule has 0 aromatic heterocycles. The molecular weight excluding hydrogens is 317 g/mol. The predicted molar refractivity (Wildman–Crippen MR) is 96.5 cm³/mol. The zero-order valence-electron chi connectivity index (χ0n) is 13.9. The van der Waals surface area contributed by atoms with Crippen molar-refractivity contribution in [3.63, 3.8) is 0 Å². The van der Waals surface area contributed by atoms with Gasteiger partial charge in [-0.15, -0.1) is 0 Å². The highest BCUT2D eigenvalue weighted by atomic mass is 19.1. The number of hydrogen-bond acceptors (Lipinski definition) is 2. The first-order valence-electron chi connectivity index (χ1n) is 8.38. The molecule has 0 saturated heterocycles. The Bertz CT molecular complexity index is 940. The van der Waals surface area contributed by atoms with Gasteiger partial charge in [-0.3, -0.25) is 4.79 Å². The lowest BCUT2D eigenvalue weighted by molar-refractivity contribution is -0.122. The minimum atomic E-state index is -0.687. The van der Waals surface area contributed by atoms with Crippen molar-refractivity contribution in [2.24, 2.45) is 0 Å². The summed E-state index contributed by atoms with van der Waals surface area (Å²) in [6.45, 7) is 1.68. The van der Waals surface area contributed by atoms with E-state index in [1.165, 1.54) is 40.8 Å². The fourth-order valence-electron chi connectivity index (χ4n) is 3.36. The van der Waals surface area contributed by atoms with E-state index < -0.39 is 6.10 Å². The van der Waals surface area contributed by atoms with Crippen LogP contribution >= 0.6 is 0 Å². The molecule has 1 aliphatic rings. The highest BCUT2D eigenvalue weighted by Gasteiger charge is 2.19. The molecule has 3 nitrogen and oxygen atoms in total. The molecule has 0 fully saturated rings. The standard InChI is InChI=1S/C21H18FNO2/c1-13(25-17-10-8-16(22)9-11-17)21(24)23-19-12-7-15-6-5-14-3-2-4-18(19)20(14)15/h2-4,7-13H,5-6H2,1H3,(H,23,24)/t13-/m1/s1. The molecule has 0 bridgehead atoms. The van der Waals surface area contributed by atoms with Crippen molar-refractivity contribution in [3.05, 3.63) is 71.5 Å². The van der Waals surface area contributed by atoms with Gasteiger partial charge in [0.25, 0.3) is 5.91 Å². The minimum absolute atomic E-state index is 0.233. The van der Waals surface area contributed by atoms with Gasteiger partial charge in [-0.05, 0) is 66.6 Å². The molecule has 3 aromatic carbocycles. The average molecular weight is 335 g/mol. The maximum absolute atomic E-state index is 13.0. The molecule has 126 valence electrons. The van der Waals surface area contributed by atoms with Crippen molar-refractivity contribution in [1.29, 1.82) is 0 Å². The van der Waals surface area contributed by atoms with Crippen LogP contribution in [0.3, 0.4) is 0 Å². The van der Waals surface area contributed by atoms with Gasteiger partial charge < -0.3 is 10.1 Å². The highest BCUT2D eigenvalue weighted by Crippen LogP contribution is 2.35. The first-order valence-corrected chi connectivity index (χ1v) is 8.38. The summed E-state index contributed by atoms with van der Waals surface area (Å²) in [6, 6.07) is 15.9. The van der Waals surface area contributed by atoms with E-state index in [9.17, 15) is 9.18 Å². The Morgan fingerprint density at radius 2 is 1.76 bits per heavy atom. The van der Waals surface area contributed by atoms with E-state index in [1.54, 1.807) is 6.92 Å². The lowest BCUT2D eigenvalue weighted by Crippen LogP contribution is -2.30. The maximum Gasteiger partial charge on any atom is 0.265 e. The van der Waals surface area contributed by atoms with Crippen molar-refractivity contribution in [1.82, 2.24) is 0 Å². The Morgan fingerprint density at radius 3 is 2.52 bits per heavy atom. The topological polar surface area (TPSA) is 38.3 Å².